The minimum Gasteiger partial charge on any atom is -0.346 e. The Bertz CT molecular complexity index is 693. The van der Waals surface area contributed by atoms with Crippen LogP contribution >= 0.6 is 0 Å². The SMILES string of the molecule is CN(C)CCn1ccc2ccc(NC(=O)CNC(=O)CN)cc21. The van der Waals surface area contributed by atoms with Crippen molar-refractivity contribution in [3.63, 3.8) is 0 Å². The molecule has 0 saturated heterocycles. The van der Waals surface area contributed by atoms with E-state index in [4.69, 9.17) is 5.73 Å². The maximum atomic E-state index is 11.8. The molecule has 0 saturated carbocycles. The predicted octanol–water partition coefficient (Wildman–Crippen LogP) is 0.216. The lowest BCUT2D eigenvalue weighted by Crippen LogP contribution is -2.36. The molecule has 7 heteroatoms. The van der Waals surface area contributed by atoms with Gasteiger partial charge in [-0.1, -0.05) is 6.07 Å². The van der Waals surface area contributed by atoms with E-state index in [9.17, 15) is 9.59 Å². The van der Waals surface area contributed by atoms with E-state index in [0.717, 1.165) is 24.0 Å². The van der Waals surface area contributed by atoms with Crippen LogP contribution in [0.25, 0.3) is 10.9 Å². The van der Waals surface area contributed by atoms with E-state index in [-0.39, 0.29) is 24.9 Å². The van der Waals surface area contributed by atoms with Crippen molar-refractivity contribution in [3.05, 3.63) is 30.5 Å². The number of amides is 2. The zero-order valence-corrected chi connectivity index (χ0v) is 13.5. The molecule has 1 aromatic heterocycles. The average Bonchev–Trinajstić information content (AvgIpc) is 2.93. The second-order valence-electron chi connectivity index (χ2n) is 5.62. The number of anilines is 1. The van der Waals surface area contributed by atoms with Crippen LogP contribution in [-0.2, 0) is 16.1 Å². The van der Waals surface area contributed by atoms with Crippen LogP contribution in [0, 0.1) is 0 Å². The summed E-state index contributed by atoms with van der Waals surface area (Å²) in [5.74, 6) is -0.634. The Balaban J connectivity index is 2.05. The molecule has 0 aliphatic heterocycles. The van der Waals surface area contributed by atoms with Crippen molar-refractivity contribution in [1.82, 2.24) is 14.8 Å². The lowest BCUT2D eigenvalue weighted by atomic mass is 10.2. The fourth-order valence-electron chi connectivity index (χ4n) is 2.22. The van der Waals surface area contributed by atoms with Crippen molar-refractivity contribution >= 4 is 28.4 Å². The van der Waals surface area contributed by atoms with Gasteiger partial charge >= 0.3 is 0 Å². The number of nitrogens with zero attached hydrogens (tertiary/aromatic N) is 2. The summed E-state index contributed by atoms with van der Waals surface area (Å²) in [6.07, 6.45) is 2.04. The van der Waals surface area contributed by atoms with E-state index in [2.05, 4.69) is 26.2 Å². The molecule has 2 rings (SSSR count). The van der Waals surface area contributed by atoms with Crippen molar-refractivity contribution in [2.45, 2.75) is 6.54 Å². The molecule has 4 N–H and O–H groups in total. The Morgan fingerprint density at radius 2 is 2.00 bits per heavy atom. The molecule has 0 atom stereocenters. The first-order chi connectivity index (χ1) is 11.0. The van der Waals surface area contributed by atoms with Crippen LogP contribution in [0.3, 0.4) is 0 Å². The Labute approximate surface area is 135 Å². The topological polar surface area (TPSA) is 92.4 Å². The second-order valence-corrected chi connectivity index (χ2v) is 5.62. The zero-order valence-electron chi connectivity index (χ0n) is 13.5. The number of hydrogen-bond acceptors (Lipinski definition) is 4. The molecule has 0 fully saturated rings. The van der Waals surface area contributed by atoms with Crippen LogP contribution in [0.15, 0.2) is 30.5 Å². The Kier molecular flexibility index (Phi) is 5.72. The average molecular weight is 317 g/mol. The van der Waals surface area contributed by atoms with E-state index in [0.29, 0.717) is 5.69 Å². The van der Waals surface area contributed by atoms with Gasteiger partial charge in [-0.2, -0.15) is 0 Å². The summed E-state index contributed by atoms with van der Waals surface area (Å²) < 4.78 is 2.15. The summed E-state index contributed by atoms with van der Waals surface area (Å²) in [5, 5.41) is 6.34. The Hall–Kier alpha value is -2.38. The summed E-state index contributed by atoms with van der Waals surface area (Å²) in [7, 11) is 4.07. The third-order valence-corrected chi connectivity index (χ3v) is 3.48. The van der Waals surface area contributed by atoms with Gasteiger partial charge in [0.15, 0.2) is 0 Å². The molecule has 0 aliphatic rings. The van der Waals surface area contributed by atoms with Crippen molar-refractivity contribution in [2.24, 2.45) is 5.73 Å². The maximum Gasteiger partial charge on any atom is 0.243 e. The highest BCUT2D eigenvalue weighted by Crippen LogP contribution is 2.20. The highest BCUT2D eigenvalue weighted by Gasteiger charge is 2.07. The van der Waals surface area contributed by atoms with Gasteiger partial charge in [0, 0.05) is 25.0 Å². The number of carbonyl (C=O) groups excluding carboxylic acids is 2. The number of nitrogens with two attached hydrogens (primary N) is 1. The van der Waals surface area contributed by atoms with Gasteiger partial charge in [0.1, 0.15) is 0 Å². The molecule has 0 bridgehead atoms. The number of nitrogens with one attached hydrogen (secondary N) is 2. The van der Waals surface area contributed by atoms with Crippen LogP contribution < -0.4 is 16.4 Å². The summed E-state index contributed by atoms with van der Waals surface area (Å²) in [5.41, 5.74) is 6.95. The van der Waals surface area contributed by atoms with Gasteiger partial charge in [0.25, 0.3) is 0 Å². The number of benzene rings is 1. The third kappa shape index (κ3) is 4.80. The fraction of sp³-hybridized carbons (Fsp3) is 0.375. The lowest BCUT2D eigenvalue weighted by Gasteiger charge is -2.12. The van der Waals surface area contributed by atoms with Crippen LogP contribution in [0.4, 0.5) is 5.69 Å². The van der Waals surface area contributed by atoms with Crippen molar-refractivity contribution in [2.75, 3.05) is 39.0 Å². The van der Waals surface area contributed by atoms with Gasteiger partial charge in [-0.15, -0.1) is 0 Å². The summed E-state index contributed by atoms with van der Waals surface area (Å²) in [6.45, 7) is 1.60. The Morgan fingerprint density at radius 1 is 1.22 bits per heavy atom. The first-order valence-corrected chi connectivity index (χ1v) is 7.50. The molecule has 0 spiro atoms. The number of carbonyl (C=O) groups is 2. The van der Waals surface area contributed by atoms with Crippen LogP contribution in [0.2, 0.25) is 0 Å². The molecule has 2 amide bonds. The summed E-state index contributed by atoms with van der Waals surface area (Å²) >= 11 is 0. The van der Waals surface area contributed by atoms with E-state index in [1.807, 2.05) is 38.5 Å². The smallest absolute Gasteiger partial charge is 0.243 e. The molecule has 0 unspecified atom stereocenters. The molecular formula is C16H23N5O2. The van der Waals surface area contributed by atoms with Crippen molar-refractivity contribution in [3.8, 4) is 0 Å². The summed E-state index contributed by atoms with van der Waals surface area (Å²) in [6, 6.07) is 7.81. The number of likely N-dealkylation sites (N-methyl/N-ethyl adjacent to an activating group) is 1. The molecule has 0 aliphatic carbocycles. The van der Waals surface area contributed by atoms with Gasteiger partial charge in [0.2, 0.25) is 11.8 Å². The van der Waals surface area contributed by atoms with Crippen molar-refractivity contribution < 1.29 is 9.59 Å². The van der Waals surface area contributed by atoms with Gasteiger partial charge in [-0.3, -0.25) is 9.59 Å². The van der Waals surface area contributed by atoms with E-state index < -0.39 is 0 Å². The largest absolute Gasteiger partial charge is 0.346 e. The third-order valence-electron chi connectivity index (χ3n) is 3.48. The van der Waals surface area contributed by atoms with Gasteiger partial charge in [0.05, 0.1) is 18.6 Å². The molecule has 23 heavy (non-hydrogen) atoms. The summed E-state index contributed by atoms with van der Waals surface area (Å²) in [4.78, 5) is 25.0. The minimum atomic E-state index is -0.354. The molecule has 2 aromatic rings. The molecule has 124 valence electrons. The number of rotatable bonds is 7. The highest BCUT2D eigenvalue weighted by molar-refractivity contribution is 5.96. The Morgan fingerprint density at radius 3 is 2.70 bits per heavy atom. The minimum absolute atomic E-state index is 0.0876. The number of hydrogen-bond donors (Lipinski definition) is 3. The lowest BCUT2D eigenvalue weighted by molar-refractivity contribution is -0.123. The predicted molar refractivity (Wildman–Crippen MR) is 91.2 cm³/mol. The van der Waals surface area contributed by atoms with E-state index in [1.54, 1.807) is 0 Å². The van der Waals surface area contributed by atoms with Gasteiger partial charge < -0.3 is 25.8 Å². The standard InChI is InChI=1S/C16H23N5O2/c1-20(2)7-8-21-6-5-12-3-4-13(9-14(12)21)19-16(23)11-18-15(22)10-17/h3-6,9H,7-8,10-11,17H2,1-2H3,(H,18,22)(H,19,23). The quantitative estimate of drug-likeness (QED) is 0.681. The molecule has 1 aromatic carbocycles. The first kappa shape index (κ1) is 17.0. The van der Waals surface area contributed by atoms with Crippen LogP contribution in [-0.4, -0.2) is 55.0 Å². The second kappa shape index (κ2) is 7.75. The number of aromatic nitrogens is 1. The fourth-order valence-corrected chi connectivity index (χ4v) is 2.22. The van der Waals surface area contributed by atoms with Gasteiger partial charge in [-0.05, 0) is 37.7 Å². The zero-order chi connectivity index (χ0) is 16.8. The first-order valence-electron chi connectivity index (χ1n) is 7.50. The molecule has 7 nitrogen and oxygen atoms in total. The monoisotopic (exact) mass is 317 g/mol. The molecule has 1 heterocycles. The van der Waals surface area contributed by atoms with Gasteiger partial charge in [-0.25, -0.2) is 0 Å². The highest BCUT2D eigenvalue weighted by atomic mass is 16.2. The van der Waals surface area contributed by atoms with E-state index >= 15 is 0 Å². The normalized spacial score (nSPS) is 11.0. The molecule has 0 radical (unpaired) electrons. The van der Waals surface area contributed by atoms with Crippen molar-refractivity contribution in [1.29, 1.82) is 0 Å². The van der Waals surface area contributed by atoms with Crippen LogP contribution in [0.1, 0.15) is 0 Å². The van der Waals surface area contributed by atoms with Crippen LogP contribution in [0.5, 0.6) is 0 Å². The number of fused-ring (bicyclic) bond motifs is 1. The molecular weight excluding hydrogens is 294 g/mol. The maximum absolute atomic E-state index is 11.8. The van der Waals surface area contributed by atoms with E-state index in [1.165, 1.54) is 0 Å².